The van der Waals surface area contributed by atoms with Gasteiger partial charge in [0.15, 0.2) is 11.6 Å². The molecule has 1 amide bonds. The van der Waals surface area contributed by atoms with Crippen molar-refractivity contribution in [3.63, 3.8) is 0 Å². The molecule has 0 spiro atoms. The van der Waals surface area contributed by atoms with E-state index in [1.54, 1.807) is 13.8 Å². The molecule has 1 aliphatic rings. The highest BCUT2D eigenvalue weighted by Crippen LogP contribution is 2.22. The zero-order valence-electron chi connectivity index (χ0n) is 24.2. The summed E-state index contributed by atoms with van der Waals surface area (Å²) in [5.41, 5.74) is 0.582. The standard InChI is InChI=1S/C26H40N8O7/c1-6-19(24(38)29-17(11-22(36)37)20(35)13-27-15-33-7-9-40-10-8-33)34-14-21(26(3,4)5)30-23(25(34)39)28-12-18-16(2)31-41-32-18/h14,17,19,27H,6-13,15H2,1-5H3,(H,28,30)(H,29,38)(H,36,37)/t17-,19?/m0/s1. The third kappa shape index (κ3) is 8.90. The van der Waals surface area contributed by atoms with Gasteiger partial charge in [0.05, 0.1) is 44.5 Å². The van der Waals surface area contributed by atoms with Crippen molar-refractivity contribution < 1.29 is 28.9 Å². The molecule has 1 saturated heterocycles. The summed E-state index contributed by atoms with van der Waals surface area (Å²) >= 11 is 0. The van der Waals surface area contributed by atoms with E-state index in [1.807, 2.05) is 20.8 Å². The van der Waals surface area contributed by atoms with Gasteiger partial charge in [0.1, 0.15) is 17.4 Å². The molecule has 3 rings (SSSR count). The highest BCUT2D eigenvalue weighted by atomic mass is 16.6. The molecule has 3 heterocycles. The molecule has 1 fully saturated rings. The highest BCUT2D eigenvalue weighted by Gasteiger charge is 2.30. The van der Waals surface area contributed by atoms with Crippen LogP contribution in [0.5, 0.6) is 0 Å². The fraction of sp³-hybridized carbons (Fsp3) is 0.654. The van der Waals surface area contributed by atoms with Crippen LogP contribution in [0, 0.1) is 6.92 Å². The quantitative estimate of drug-likeness (QED) is 0.238. The van der Waals surface area contributed by atoms with Crippen LogP contribution in [0.2, 0.25) is 0 Å². The number of morpholine rings is 1. The average molecular weight is 577 g/mol. The number of nitrogens with zero attached hydrogens (tertiary/aromatic N) is 5. The number of ether oxygens (including phenoxy) is 1. The number of Topliss-reactive ketones (excluding diaryl/α,β-unsaturated/α-hetero) is 1. The lowest BCUT2D eigenvalue weighted by atomic mass is 9.92. The second kappa shape index (κ2) is 14.3. The van der Waals surface area contributed by atoms with E-state index in [1.165, 1.54) is 10.8 Å². The molecule has 2 aromatic rings. The van der Waals surface area contributed by atoms with E-state index < -0.39 is 47.1 Å². The lowest BCUT2D eigenvalue weighted by Gasteiger charge is -2.27. The van der Waals surface area contributed by atoms with Crippen molar-refractivity contribution in [1.29, 1.82) is 0 Å². The summed E-state index contributed by atoms with van der Waals surface area (Å²) in [4.78, 5) is 58.0. The SMILES string of the molecule is CCC(C(=O)N[C@@H](CC(=O)O)C(=O)CNCN1CCOCC1)n1cc(C(C)(C)C)nc(NCc2nonc2C)c1=O. The van der Waals surface area contributed by atoms with Gasteiger partial charge in [0, 0.05) is 31.4 Å². The number of amides is 1. The van der Waals surface area contributed by atoms with Gasteiger partial charge in [0.25, 0.3) is 5.56 Å². The van der Waals surface area contributed by atoms with Gasteiger partial charge in [-0.05, 0) is 13.3 Å². The molecule has 41 heavy (non-hydrogen) atoms. The van der Waals surface area contributed by atoms with Crippen LogP contribution in [-0.4, -0.2) is 93.1 Å². The Labute approximate surface area is 238 Å². The van der Waals surface area contributed by atoms with Crippen molar-refractivity contribution >= 4 is 23.5 Å². The fourth-order valence-corrected chi connectivity index (χ4v) is 4.21. The molecule has 15 nitrogen and oxygen atoms in total. The summed E-state index contributed by atoms with van der Waals surface area (Å²) in [6, 6.07) is -2.29. The number of carbonyl (C=O) groups excluding carboxylic acids is 2. The molecule has 4 N–H and O–H groups in total. The molecule has 2 atom stereocenters. The van der Waals surface area contributed by atoms with E-state index in [-0.39, 0.29) is 25.3 Å². The van der Waals surface area contributed by atoms with Crippen LogP contribution in [0.4, 0.5) is 5.82 Å². The minimum atomic E-state index is -1.27. The van der Waals surface area contributed by atoms with Crippen molar-refractivity contribution in [2.24, 2.45) is 0 Å². The van der Waals surface area contributed by atoms with Gasteiger partial charge >= 0.3 is 5.97 Å². The van der Waals surface area contributed by atoms with Gasteiger partial charge < -0.3 is 20.5 Å². The molecular formula is C26H40N8O7. The number of carboxylic acid groups (broad SMARTS) is 1. The van der Waals surface area contributed by atoms with Gasteiger partial charge in [-0.1, -0.05) is 38.0 Å². The minimum absolute atomic E-state index is 0.0107. The van der Waals surface area contributed by atoms with Crippen molar-refractivity contribution in [1.82, 2.24) is 35.4 Å². The summed E-state index contributed by atoms with van der Waals surface area (Å²) in [5.74, 6) is -2.34. The molecule has 15 heteroatoms. The molecule has 226 valence electrons. The van der Waals surface area contributed by atoms with Gasteiger partial charge in [0.2, 0.25) is 5.91 Å². The van der Waals surface area contributed by atoms with Gasteiger partial charge in [-0.3, -0.25) is 34.0 Å². The van der Waals surface area contributed by atoms with Crippen LogP contribution in [0.15, 0.2) is 15.6 Å². The van der Waals surface area contributed by atoms with E-state index in [4.69, 9.17) is 9.37 Å². The first-order chi connectivity index (χ1) is 19.4. The van der Waals surface area contributed by atoms with Crippen molar-refractivity contribution in [2.45, 2.75) is 71.5 Å². The Hall–Kier alpha value is -3.69. The molecule has 0 aliphatic carbocycles. The topological polar surface area (TPSA) is 194 Å². The third-order valence-corrected chi connectivity index (χ3v) is 6.72. The van der Waals surface area contributed by atoms with E-state index in [9.17, 15) is 24.3 Å². The Morgan fingerprint density at radius 1 is 1.17 bits per heavy atom. The van der Waals surface area contributed by atoms with E-state index in [2.05, 4.69) is 36.1 Å². The third-order valence-electron chi connectivity index (χ3n) is 6.72. The molecular weight excluding hydrogens is 536 g/mol. The van der Waals surface area contributed by atoms with Crippen molar-refractivity contribution in [2.75, 3.05) is 44.8 Å². The van der Waals surface area contributed by atoms with Crippen molar-refractivity contribution in [3.05, 3.63) is 33.6 Å². The summed E-state index contributed by atoms with van der Waals surface area (Å²) in [6.45, 7) is 12.3. The molecule has 0 radical (unpaired) electrons. The number of aliphatic carboxylic acids is 1. The second-order valence-electron chi connectivity index (χ2n) is 11.0. The normalized spacial score (nSPS) is 15.7. The summed E-state index contributed by atoms with van der Waals surface area (Å²) in [5, 5.41) is 25.5. The molecule has 2 aromatic heterocycles. The lowest BCUT2D eigenvalue weighted by Crippen LogP contribution is -2.50. The Balaban J connectivity index is 1.80. The number of hydrogen-bond donors (Lipinski definition) is 4. The monoisotopic (exact) mass is 576 g/mol. The zero-order chi connectivity index (χ0) is 30.2. The second-order valence-corrected chi connectivity index (χ2v) is 11.0. The highest BCUT2D eigenvalue weighted by molar-refractivity contribution is 5.93. The Morgan fingerprint density at radius 3 is 2.46 bits per heavy atom. The number of nitrogens with one attached hydrogen (secondary N) is 3. The smallest absolute Gasteiger partial charge is 0.305 e. The predicted octanol–water partition coefficient (Wildman–Crippen LogP) is 0.203. The number of hydrogen-bond acceptors (Lipinski definition) is 12. The molecule has 1 aliphatic heterocycles. The van der Waals surface area contributed by atoms with Crippen LogP contribution < -0.4 is 21.5 Å². The number of ketones is 1. The molecule has 1 unspecified atom stereocenters. The summed E-state index contributed by atoms with van der Waals surface area (Å²) < 4.78 is 11.3. The Kier molecular flexibility index (Phi) is 11.1. The maximum Gasteiger partial charge on any atom is 0.305 e. The summed E-state index contributed by atoms with van der Waals surface area (Å²) in [7, 11) is 0. The maximum absolute atomic E-state index is 13.5. The van der Waals surface area contributed by atoms with Gasteiger partial charge in [-0.15, -0.1) is 0 Å². The minimum Gasteiger partial charge on any atom is -0.481 e. The van der Waals surface area contributed by atoms with Crippen LogP contribution in [0.1, 0.15) is 63.7 Å². The van der Waals surface area contributed by atoms with E-state index in [0.717, 1.165) is 13.1 Å². The Bertz CT molecular complexity index is 1260. The average Bonchev–Trinajstić information content (AvgIpc) is 3.33. The predicted molar refractivity (Wildman–Crippen MR) is 147 cm³/mol. The Morgan fingerprint density at radius 2 is 1.88 bits per heavy atom. The van der Waals surface area contributed by atoms with E-state index >= 15 is 0 Å². The molecule has 0 bridgehead atoms. The van der Waals surface area contributed by atoms with Crippen LogP contribution in [0.3, 0.4) is 0 Å². The maximum atomic E-state index is 13.5. The number of rotatable bonds is 14. The van der Waals surface area contributed by atoms with Gasteiger partial charge in [-0.25, -0.2) is 9.61 Å². The van der Waals surface area contributed by atoms with E-state index in [0.29, 0.717) is 37.0 Å². The number of carboxylic acids is 1. The zero-order valence-corrected chi connectivity index (χ0v) is 24.2. The molecule has 0 aromatic carbocycles. The van der Waals surface area contributed by atoms with Crippen molar-refractivity contribution in [3.8, 4) is 0 Å². The largest absolute Gasteiger partial charge is 0.481 e. The first-order valence-electron chi connectivity index (χ1n) is 13.6. The first-order valence-corrected chi connectivity index (χ1v) is 13.6. The van der Waals surface area contributed by atoms with Crippen LogP contribution in [0.25, 0.3) is 0 Å². The van der Waals surface area contributed by atoms with Crippen LogP contribution >= 0.6 is 0 Å². The van der Waals surface area contributed by atoms with Gasteiger partial charge in [-0.2, -0.15) is 0 Å². The lowest BCUT2D eigenvalue weighted by molar-refractivity contribution is -0.140. The number of aryl methyl sites for hydroxylation is 1. The van der Waals surface area contributed by atoms with Crippen LogP contribution in [-0.2, 0) is 31.1 Å². The number of aromatic nitrogens is 4. The summed E-state index contributed by atoms with van der Waals surface area (Å²) in [6.07, 6.45) is 1.15. The molecule has 0 saturated carbocycles. The fourth-order valence-electron chi connectivity index (χ4n) is 4.21. The number of carbonyl (C=O) groups is 3. The number of anilines is 1. The first kappa shape index (κ1) is 31.8.